The fraction of sp³-hybridized carbons (Fsp3) is 0.600. The van der Waals surface area contributed by atoms with Gasteiger partial charge in [-0.15, -0.1) is 0 Å². The molecule has 0 radical (unpaired) electrons. The lowest BCUT2D eigenvalue weighted by Gasteiger charge is -2.35. The van der Waals surface area contributed by atoms with E-state index in [9.17, 15) is 0 Å². The summed E-state index contributed by atoms with van der Waals surface area (Å²) < 4.78 is 5.82. The third-order valence-electron chi connectivity index (χ3n) is 2.90. The molecule has 1 aromatic rings. The van der Waals surface area contributed by atoms with Gasteiger partial charge in [-0.1, -0.05) is 51.1 Å². The minimum Gasteiger partial charge on any atom is -0.376 e. The molecule has 2 heteroatoms. The van der Waals surface area contributed by atoms with Crippen molar-refractivity contribution in [2.75, 3.05) is 6.61 Å². The van der Waals surface area contributed by atoms with Crippen LogP contribution in [0.2, 0.25) is 0 Å². The van der Waals surface area contributed by atoms with Crippen LogP contribution in [0.5, 0.6) is 0 Å². The van der Waals surface area contributed by atoms with Gasteiger partial charge < -0.3 is 10.5 Å². The molecule has 2 atom stereocenters. The van der Waals surface area contributed by atoms with Gasteiger partial charge in [0.25, 0.3) is 0 Å². The summed E-state index contributed by atoms with van der Waals surface area (Å²) in [7, 11) is 0. The van der Waals surface area contributed by atoms with E-state index in [1.165, 1.54) is 5.56 Å². The molecule has 0 aliphatic heterocycles. The summed E-state index contributed by atoms with van der Waals surface area (Å²) in [5.74, 6) is 0. The molecule has 1 aromatic carbocycles. The summed E-state index contributed by atoms with van der Waals surface area (Å²) in [4.78, 5) is 0. The Morgan fingerprint density at radius 2 is 1.76 bits per heavy atom. The van der Waals surface area contributed by atoms with Crippen LogP contribution < -0.4 is 5.73 Å². The van der Waals surface area contributed by atoms with E-state index < -0.39 is 0 Å². The van der Waals surface area contributed by atoms with E-state index >= 15 is 0 Å². The average molecular weight is 235 g/mol. The molecule has 0 spiro atoms. The van der Waals surface area contributed by atoms with E-state index in [1.807, 2.05) is 13.0 Å². The highest BCUT2D eigenvalue weighted by Gasteiger charge is 2.30. The van der Waals surface area contributed by atoms with Crippen LogP contribution in [0.1, 0.15) is 33.3 Å². The summed E-state index contributed by atoms with van der Waals surface area (Å²) in [5.41, 5.74) is 7.64. The number of hydrogen-bond acceptors (Lipinski definition) is 2. The fourth-order valence-electron chi connectivity index (χ4n) is 2.19. The van der Waals surface area contributed by atoms with Gasteiger partial charge in [-0.05, 0) is 24.3 Å². The second-order valence-electron chi connectivity index (χ2n) is 5.60. The van der Waals surface area contributed by atoms with Crippen LogP contribution in [0.4, 0.5) is 0 Å². The van der Waals surface area contributed by atoms with Crippen molar-refractivity contribution in [3.05, 3.63) is 35.9 Å². The predicted octanol–water partition coefficient (Wildman–Crippen LogP) is 3.01. The van der Waals surface area contributed by atoms with Gasteiger partial charge in [0.15, 0.2) is 0 Å². The van der Waals surface area contributed by atoms with E-state index in [2.05, 4.69) is 45.0 Å². The van der Waals surface area contributed by atoms with Gasteiger partial charge >= 0.3 is 0 Å². The SMILES string of the molecule is CCOC(C(N)Cc1ccccc1)C(C)(C)C. The molecule has 0 fully saturated rings. The first-order chi connectivity index (χ1) is 7.95. The van der Waals surface area contributed by atoms with Crippen LogP contribution in [0.25, 0.3) is 0 Å². The van der Waals surface area contributed by atoms with Crippen LogP contribution in [0.3, 0.4) is 0 Å². The van der Waals surface area contributed by atoms with Crippen molar-refractivity contribution >= 4 is 0 Å². The highest BCUT2D eigenvalue weighted by molar-refractivity contribution is 5.16. The molecule has 96 valence electrons. The minimum atomic E-state index is 0.0392. The second kappa shape index (κ2) is 6.18. The topological polar surface area (TPSA) is 35.2 Å². The van der Waals surface area contributed by atoms with Crippen molar-refractivity contribution < 1.29 is 4.74 Å². The number of ether oxygens (including phenoxy) is 1. The predicted molar refractivity (Wildman–Crippen MR) is 73.0 cm³/mol. The summed E-state index contributed by atoms with van der Waals surface area (Å²) in [6.07, 6.45) is 0.954. The Morgan fingerprint density at radius 1 is 1.18 bits per heavy atom. The van der Waals surface area contributed by atoms with Crippen LogP contribution in [-0.4, -0.2) is 18.8 Å². The van der Waals surface area contributed by atoms with Crippen molar-refractivity contribution in [1.29, 1.82) is 0 Å². The molecule has 2 nitrogen and oxygen atoms in total. The molecule has 2 N–H and O–H groups in total. The van der Waals surface area contributed by atoms with Crippen molar-refractivity contribution in [3.8, 4) is 0 Å². The Balaban J connectivity index is 2.69. The van der Waals surface area contributed by atoms with Crippen molar-refractivity contribution in [2.45, 2.75) is 46.3 Å². The van der Waals surface area contributed by atoms with Crippen molar-refractivity contribution in [2.24, 2.45) is 11.1 Å². The molecular weight excluding hydrogens is 210 g/mol. The van der Waals surface area contributed by atoms with Gasteiger partial charge in [0, 0.05) is 12.6 Å². The molecule has 1 rings (SSSR count). The Morgan fingerprint density at radius 3 is 2.24 bits per heavy atom. The molecule has 0 bridgehead atoms. The van der Waals surface area contributed by atoms with E-state index in [4.69, 9.17) is 10.5 Å². The maximum atomic E-state index is 6.30. The van der Waals surface area contributed by atoms with Crippen LogP contribution in [-0.2, 0) is 11.2 Å². The van der Waals surface area contributed by atoms with Crippen LogP contribution >= 0.6 is 0 Å². The lowest BCUT2D eigenvalue weighted by Crippen LogP contribution is -2.46. The van der Waals surface area contributed by atoms with Gasteiger partial charge in [0.1, 0.15) is 0 Å². The minimum absolute atomic E-state index is 0.0392. The van der Waals surface area contributed by atoms with Gasteiger partial charge in [-0.25, -0.2) is 0 Å². The highest BCUT2D eigenvalue weighted by atomic mass is 16.5. The quantitative estimate of drug-likeness (QED) is 0.851. The average Bonchev–Trinajstić information content (AvgIpc) is 2.25. The molecule has 0 aliphatic carbocycles. The summed E-state index contributed by atoms with van der Waals surface area (Å²) >= 11 is 0. The number of benzene rings is 1. The summed E-state index contributed by atoms with van der Waals surface area (Å²) in [5, 5.41) is 0. The molecule has 0 amide bonds. The van der Waals surface area contributed by atoms with Gasteiger partial charge in [0.05, 0.1) is 6.10 Å². The first kappa shape index (κ1) is 14.2. The third-order valence-corrected chi connectivity index (χ3v) is 2.90. The molecule has 0 aliphatic rings. The van der Waals surface area contributed by atoms with Gasteiger partial charge in [-0.2, -0.15) is 0 Å². The van der Waals surface area contributed by atoms with E-state index in [1.54, 1.807) is 0 Å². The standard InChI is InChI=1S/C15H25NO/c1-5-17-14(15(2,3)4)13(16)11-12-9-7-6-8-10-12/h6-10,13-14H,5,11,16H2,1-4H3. The van der Waals surface area contributed by atoms with E-state index in [-0.39, 0.29) is 17.6 Å². The zero-order valence-electron chi connectivity index (χ0n) is 11.4. The Labute approximate surface area is 105 Å². The Bertz CT molecular complexity index is 315. The lowest BCUT2D eigenvalue weighted by molar-refractivity contribution is -0.0274. The molecule has 0 heterocycles. The van der Waals surface area contributed by atoms with Crippen LogP contribution in [0.15, 0.2) is 30.3 Å². The molecule has 0 saturated carbocycles. The van der Waals surface area contributed by atoms with Gasteiger partial charge in [-0.3, -0.25) is 0 Å². The normalized spacial score (nSPS) is 15.6. The summed E-state index contributed by atoms with van der Waals surface area (Å²) in [6.45, 7) is 9.27. The zero-order valence-corrected chi connectivity index (χ0v) is 11.4. The molecule has 0 aromatic heterocycles. The zero-order chi connectivity index (χ0) is 12.9. The fourth-order valence-corrected chi connectivity index (χ4v) is 2.19. The Kier molecular flexibility index (Phi) is 5.16. The smallest absolute Gasteiger partial charge is 0.0777 e. The molecular formula is C15H25NO. The first-order valence-electron chi connectivity index (χ1n) is 6.36. The maximum Gasteiger partial charge on any atom is 0.0777 e. The number of rotatable bonds is 5. The number of nitrogens with two attached hydrogens (primary N) is 1. The van der Waals surface area contributed by atoms with Gasteiger partial charge in [0.2, 0.25) is 0 Å². The number of hydrogen-bond donors (Lipinski definition) is 1. The highest BCUT2D eigenvalue weighted by Crippen LogP contribution is 2.25. The second-order valence-corrected chi connectivity index (χ2v) is 5.60. The first-order valence-corrected chi connectivity index (χ1v) is 6.36. The monoisotopic (exact) mass is 235 g/mol. The molecule has 2 unspecified atom stereocenters. The third kappa shape index (κ3) is 4.49. The summed E-state index contributed by atoms with van der Waals surface area (Å²) in [6, 6.07) is 10.4. The van der Waals surface area contributed by atoms with E-state index in [0.29, 0.717) is 6.61 Å². The lowest BCUT2D eigenvalue weighted by atomic mass is 9.83. The van der Waals surface area contributed by atoms with E-state index in [0.717, 1.165) is 6.42 Å². The Hall–Kier alpha value is -0.860. The maximum absolute atomic E-state index is 6.30. The molecule has 0 saturated heterocycles. The van der Waals surface area contributed by atoms with Crippen LogP contribution in [0, 0.1) is 5.41 Å². The van der Waals surface area contributed by atoms with Crippen molar-refractivity contribution in [3.63, 3.8) is 0 Å². The largest absolute Gasteiger partial charge is 0.376 e. The molecule has 17 heavy (non-hydrogen) atoms. The van der Waals surface area contributed by atoms with Crippen molar-refractivity contribution in [1.82, 2.24) is 0 Å².